The number of amides is 2. The van der Waals surface area contributed by atoms with Crippen LogP contribution >= 0.6 is 11.6 Å². The Balaban J connectivity index is 1.30. The van der Waals surface area contributed by atoms with E-state index in [2.05, 4.69) is 0 Å². The van der Waals surface area contributed by atoms with Gasteiger partial charge in [0.2, 0.25) is 0 Å². The zero-order chi connectivity index (χ0) is 31.0. The fourth-order valence-electron chi connectivity index (χ4n) is 5.54. The summed E-state index contributed by atoms with van der Waals surface area (Å²) in [7, 11) is 3.25. The summed E-state index contributed by atoms with van der Waals surface area (Å²) in [5.41, 5.74) is -6.29. The highest BCUT2D eigenvalue weighted by Gasteiger charge is 2.62. The zero-order valence-corrected chi connectivity index (χ0v) is 23.7. The monoisotopic (exact) mass is 620 g/mol. The van der Waals surface area contributed by atoms with Crippen molar-refractivity contribution in [3.63, 3.8) is 0 Å². The van der Waals surface area contributed by atoms with Gasteiger partial charge in [-0.2, -0.15) is 26.3 Å². The highest BCUT2D eigenvalue weighted by atomic mass is 35.5. The van der Waals surface area contributed by atoms with Crippen molar-refractivity contribution in [2.45, 2.75) is 56.2 Å². The molecule has 1 N–H and O–H groups in total. The van der Waals surface area contributed by atoms with Gasteiger partial charge in [0.25, 0.3) is 17.4 Å². The second kappa shape index (κ2) is 11.9. The standard InChI is InChI=1S/C29H31ClF6N2O4/c1-37(2)25(39)23-7-6-21(16-24(23)30)42-22-13-18(14-22)12-17-8-10-38(11-9-17)26(40)27(41,29(34,35)36)19-4-3-5-20(15-19)28(31,32)33/h3-7,15-18,22,41H,8-14H2,1-2H3. The number of benzene rings is 2. The van der Waals surface area contributed by atoms with Crippen molar-refractivity contribution >= 4 is 23.4 Å². The SMILES string of the molecule is CN(C)C(=O)c1ccc(OC2CC(CC3CCN(C(=O)C(O)(c4cccc(C(F)(F)F)c4)C(F)(F)F)CC3)C2)cc1Cl. The molecule has 2 aromatic rings. The molecule has 1 heterocycles. The summed E-state index contributed by atoms with van der Waals surface area (Å²) in [6.07, 6.45) is -7.40. The Bertz CT molecular complexity index is 1300. The van der Waals surface area contributed by atoms with E-state index in [4.69, 9.17) is 16.3 Å². The summed E-state index contributed by atoms with van der Waals surface area (Å²) in [6, 6.07) is 7.04. The molecule has 1 saturated heterocycles. The fraction of sp³-hybridized carbons (Fsp3) is 0.517. The first-order valence-electron chi connectivity index (χ1n) is 13.4. The van der Waals surface area contributed by atoms with Crippen molar-refractivity contribution in [1.29, 1.82) is 0 Å². The van der Waals surface area contributed by atoms with Crippen LogP contribution in [0.3, 0.4) is 0 Å². The predicted molar refractivity (Wildman–Crippen MR) is 142 cm³/mol. The first-order chi connectivity index (χ1) is 19.5. The molecule has 1 saturated carbocycles. The van der Waals surface area contributed by atoms with Gasteiger partial charge in [0.1, 0.15) is 5.75 Å². The Morgan fingerprint density at radius 2 is 1.60 bits per heavy atom. The number of carbonyl (C=O) groups is 2. The van der Waals surface area contributed by atoms with Gasteiger partial charge in [-0.15, -0.1) is 0 Å². The molecule has 0 radical (unpaired) electrons. The van der Waals surface area contributed by atoms with Crippen LogP contribution in [0.25, 0.3) is 0 Å². The van der Waals surface area contributed by atoms with Gasteiger partial charge in [-0.1, -0.05) is 23.7 Å². The van der Waals surface area contributed by atoms with Crippen LogP contribution < -0.4 is 4.74 Å². The van der Waals surface area contributed by atoms with Gasteiger partial charge in [0, 0.05) is 32.7 Å². The lowest BCUT2D eigenvalue weighted by Gasteiger charge is -2.41. The topological polar surface area (TPSA) is 70.1 Å². The lowest BCUT2D eigenvalue weighted by Crippen LogP contribution is -2.57. The van der Waals surface area contributed by atoms with Crippen LogP contribution in [0.4, 0.5) is 26.3 Å². The van der Waals surface area contributed by atoms with Crippen molar-refractivity contribution in [1.82, 2.24) is 9.80 Å². The van der Waals surface area contributed by atoms with Crippen molar-refractivity contribution in [2.24, 2.45) is 11.8 Å². The molecule has 6 nitrogen and oxygen atoms in total. The van der Waals surface area contributed by atoms with E-state index in [1.807, 2.05) is 0 Å². The molecule has 42 heavy (non-hydrogen) atoms. The first-order valence-corrected chi connectivity index (χ1v) is 13.8. The maximum absolute atomic E-state index is 14.0. The van der Waals surface area contributed by atoms with E-state index < -0.39 is 35.0 Å². The number of halogens is 7. The lowest BCUT2D eigenvalue weighted by molar-refractivity contribution is -0.262. The summed E-state index contributed by atoms with van der Waals surface area (Å²) in [6.45, 7) is -0.103. The summed E-state index contributed by atoms with van der Waals surface area (Å²) < 4.78 is 87.4. The van der Waals surface area contributed by atoms with E-state index in [0.717, 1.165) is 30.2 Å². The number of piperidine rings is 1. The van der Waals surface area contributed by atoms with Crippen LogP contribution in [0, 0.1) is 11.8 Å². The number of hydrogen-bond acceptors (Lipinski definition) is 4. The van der Waals surface area contributed by atoms with Crippen LogP contribution in [0.15, 0.2) is 42.5 Å². The maximum atomic E-state index is 14.0. The summed E-state index contributed by atoms with van der Waals surface area (Å²) in [4.78, 5) is 27.4. The highest BCUT2D eigenvalue weighted by Crippen LogP contribution is 2.44. The van der Waals surface area contributed by atoms with Gasteiger partial charge in [-0.05, 0) is 74.3 Å². The Morgan fingerprint density at radius 3 is 2.14 bits per heavy atom. The molecule has 2 aliphatic rings. The van der Waals surface area contributed by atoms with Crippen LogP contribution in [0.5, 0.6) is 5.75 Å². The summed E-state index contributed by atoms with van der Waals surface area (Å²) in [5.74, 6) is -0.894. The minimum absolute atomic E-state index is 0.0441. The molecule has 13 heteroatoms. The van der Waals surface area contributed by atoms with Crippen LogP contribution in [-0.4, -0.2) is 66.2 Å². The molecule has 2 aromatic carbocycles. The molecule has 230 valence electrons. The molecule has 4 rings (SSSR count). The number of rotatable bonds is 7. The van der Waals surface area contributed by atoms with E-state index >= 15 is 0 Å². The number of likely N-dealkylation sites (tertiary alicyclic amines) is 1. The zero-order valence-electron chi connectivity index (χ0n) is 22.9. The van der Waals surface area contributed by atoms with Gasteiger partial charge in [-0.3, -0.25) is 9.59 Å². The molecular weight excluding hydrogens is 590 g/mol. The van der Waals surface area contributed by atoms with Crippen LogP contribution in [0.1, 0.15) is 53.6 Å². The predicted octanol–water partition coefficient (Wildman–Crippen LogP) is 6.30. The second-order valence-electron chi connectivity index (χ2n) is 11.2. The van der Waals surface area contributed by atoms with Crippen LogP contribution in [-0.2, 0) is 16.6 Å². The molecule has 0 spiro atoms. The third kappa shape index (κ3) is 6.64. The van der Waals surface area contributed by atoms with Gasteiger partial charge >= 0.3 is 12.4 Å². The molecular formula is C29H31ClF6N2O4. The van der Waals surface area contributed by atoms with E-state index in [0.29, 0.717) is 42.2 Å². The molecule has 1 atom stereocenters. The molecule has 1 aliphatic carbocycles. The minimum Gasteiger partial charge on any atom is -0.490 e. The number of aliphatic hydroxyl groups is 1. The summed E-state index contributed by atoms with van der Waals surface area (Å²) in [5, 5.41) is 10.9. The molecule has 1 aliphatic heterocycles. The number of alkyl halides is 6. The van der Waals surface area contributed by atoms with Crippen LogP contribution in [0.2, 0.25) is 5.02 Å². The van der Waals surface area contributed by atoms with E-state index in [1.165, 1.54) is 4.90 Å². The Kier molecular flexibility index (Phi) is 9.09. The Morgan fingerprint density at radius 1 is 0.976 bits per heavy atom. The van der Waals surface area contributed by atoms with E-state index in [1.54, 1.807) is 32.3 Å². The quantitative estimate of drug-likeness (QED) is 0.369. The van der Waals surface area contributed by atoms with Gasteiger partial charge in [0.15, 0.2) is 0 Å². The van der Waals surface area contributed by atoms with Crippen molar-refractivity contribution < 1.29 is 45.8 Å². The third-order valence-electron chi connectivity index (χ3n) is 7.97. The molecule has 2 amide bonds. The average molecular weight is 621 g/mol. The number of carbonyl (C=O) groups excluding carboxylic acids is 2. The number of nitrogens with zero attached hydrogens (tertiary/aromatic N) is 2. The van der Waals surface area contributed by atoms with Crippen molar-refractivity contribution in [3.05, 3.63) is 64.2 Å². The summed E-state index contributed by atoms with van der Waals surface area (Å²) >= 11 is 6.24. The normalized spacial score (nSPS) is 21.3. The molecule has 2 fully saturated rings. The largest absolute Gasteiger partial charge is 0.490 e. The van der Waals surface area contributed by atoms with Gasteiger partial charge < -0.3 is 19.6 Å². The maximum Gasteiger partial charge on any atom is 0.430 e. The van der Waals surface area contributed by atoms with Crippen molar-refractivity contribution in [3.8, 4) is 5.75 Å². The lowest BCUT2D eigenvalue weighted by atomic mass is 9.74. The average Bonchev–Trinajstić information content (AvgIpc) is 2.90. The fourth-order valence-corrected chi connectivity index (χ4v) is 5.79. The first kappa shape index (κ1) is 31.9. The van der Waals surface area contributed by atoms with E-state index in [-0.39, 0.29) is 42.1 Å². The second-order valence-corrected chi connectivity index (χ2v) is 11.6. The van der Waals surface area contributed by atoms with Gasteiger partial charge in [-0.25, -0.2) is 0 Å². The smallest absolute Gasteiger partial charge is 0.430 e. The Labute approximate surface area is 244 Å². The third-order valence-corrected chi connectivity index (χ3v) is 8.28. The Hall–Kier alpha value is -2.99. The molecule has 0 aromatic heterocycles. The molecule has 1 unspecified atom stereocenters. The number of ether oxygens (including phenoxy) is 1. The highest BCUT2D eigenvalue weighted by molar-refractivity contribution is 6.34. The minimum atomic E-state index is -5.53. The molecule has 0 bridgehead atoms. The number of hydrogen-bond donors (Lipinski definition) is 1. The van der Waals surface area contributed by atoms with Gasteiger partial charge in [0.05, 0.1) is 22.3 Å². The van der Waals surface area contributed by atoms with Crippen molar-refractivity contribution in [2.75, 3.05) is 27.2 Å². The van der Waals surface area contributed by atoms with E-state index in [9.17, 15) is 41.0 Å².